The van der Waals surface area contributed by atoms with Crippen LogP contribution >= 0.6 is 0 Å². The minimum absolute atomic E-state index is 0.0426. The molecule has 3 fully saturated rings. The van der Waals surface area contributed by atoms with Gasteiger partial charge in [-0.2, -0.15) is 0 Å². The maximum absolute atomic E-state index is 13.7. The number of rotatable bonds is 5. The fraction of sp³-hybridized carbons (Fsp3) is 0.600. The monoisotopic (exact) mass is 547 g/mol. The van der Waals surface area contributed by atoms with Crippen molar-refractivity contribution in [3.63, 3.8) is 0 Å². The summed E-state index contributed by atoms with van der Waals surface area (Å²) in [6.07, 6.45) is 3.75. The van der Waals surface area contributed by atoms with E-state index in [9.17, 15) is 14.7 Å². The maximum Gasteiger partial charge on any atom is 0.272 e. The third-order valence-electron chi connectivity index (χ3n) is 9.14. The summed E-state index contributed by atoms with van der Waals surface area (Å²) < 4.78 is 0. The van der Waals surface area contributed by atoms with E-state index in [4.69, 9.17) is 9.97 Å². The van der Waals surface area contributed by atoms with Crippen molar-refractivity contribution < 1.29 is 14.7 Å². The lowest BCUT2D eigenvalue weighted by molar-refractivity contribution is -0.129. The highest BCUT2D eigenvalue weighted by Gasteiger charge is 2.36. The molecule has 10 nitrogen and oxygen atoms in total. The summed E-state index contributed by atoms with van der Waals surface area (Å²) in [5, 5.41) is 18.1. The van der Waals surface area contributed by atoms with Crippen LogP contribution in [0.2, 0.25) is 0 Å². The molecule has 214 valence electrons. The molecule has 0 bridgehead atoms. The Labute approximate surface area is 236 Å². The van der Waals surface area contributed by atoms with Crippen LogP contribution in [0.1, 0.15) is 66.0 Å². The minimum atomic E-state index is -0.604. The Morgan fingerprint density at radius 3 is 2.50 bits per heavy atom. The number of nitrogens with zero attached hydrogens (tertiary/aromatic N) is 5. The van der Waals surface area contributed by atoms with Crippen molar-refractivity contribution in [2.45, 2.75) is 69.7 Å². The molecule has 0 radical (unpaired) electrons. The number of carbonyl (C=O) groups is 2. The molecule has 3 N–H and O–H groups in total. The van der Waals surface area contributed by atoms with Gasteiger partial charge in [-0.1, -0.05) is 24.3 Å². The van der Waals surface area contributed by atoms with Crippen molar-refractivity contribution in [3.8, 4) is 0 Å². The average Bonchev–Trinajstić information content (AvgIpc) is 3.52. The third-order valence-corrected chi connectivity index (χ3v) is 9.14. The molecule has 3 atom stereocenters. The predicted molar refractivity (Wildman–Crippen MR) is 152 cm³/mol. The van der Waals surface area contributed by atoms with E-state index in [1.165, 1.54) is 11.1 Å². The van der Waals surface area contributed by atoms with Gasteiger partial charge in [0.15, 0.2) is 0 Å². The first-order chi connectivity index (χ1) is 19.4. The molecule has 2 amide bonds. The number of nitrogens with one attached hydrogen (secondary N) is 2. The highest BCUT2D eigenvalue weighted by molar-refractivity contribution is 5.93. The number of anilines is 1. The van der Waals surface area contributed by atoms with E-state index in [2.05, 4.69) is 39.8 Å². The van der Waals surface area contributed by atoms with E-state index in [1.54, 1.807) is 17.9 Å². The fourth-order valence-corrected chi connectivity index (χ4v) is 6.75. The third kappa shape index (κ3) is 5.84. The highest BCUT2D eigenvalue weighted by Crippen LogP contribution is 2.27. The second-order valence-corrected chi connectivity index (χ2v) is 11.8. The Balaban J connectivity index is 1.14. The van der Waals surface area contributed by atoms with Crippen molar-refractivity contribution in [1.29, 1.82) is 0 Å². The van der Waals surface area contributed by atoms with E-state index in [-0.39, 0.29) is 29.8 Å². The first-order valence-corrected chi connectivity index (χ1v) is 14.8. The number of hydrogen-bond donors (Lipinski definition) is 3. The van der Waals surface area contributed by atoms with E-state index >= 15 is 0 Å². The Bertz CT molecular complexity index is 1230. The van der Waals surface area contributed by atoms with Gasteiger partial charge in [0.05, 0.1) is 6.10 Å². The molecule has 0 saturated carbocycles. The lowest BCUT2D eigenvalue weighted by Gasteiger charge is -2.43. The van der Waals surface area contributed by atoms with Crippen LogP contribution in [0.4, 0.5) is 5.82 Å². The molecule has 0 spiro atoms. The van der Waals surface area contributed by atoms with Gasteiger partial charge in [0.2, 0.25) is 5.91 Å². The summed E-state index contributed by atoms with van der Waals surface area (Å²) in [6.45, 7) is 7.44. The molecule has 10 heteroatoms. The number of aromatic nitrogens is 2. The first-order valence-electron chi connectivity index (χ1n) is 14.8. The summed E-state index contributed by atoms with van der Waals surface area (Å²) in [7, 11) is 0. The zero-order chi connectivity index (χ0) is 27.6. The minimum Gasteiger partial charge on any atom is -0.390 e. The number of hydrogen-bond acceptors (Lipinski definition) is 8. The Kier molecular flexibility index (Phi) is 8.00. The summed E-state index contributed by atoms with van der Waals surface area (Å²) in [4.78, 5) is 41.1. The number of β-amino-alcohol motifs (C(OH)–C–C–N with tert-alkyl or cyclic N) is 1. The van der Waals surface area contributed by atoms with Crippen molar-refractivity contribution in [3.05, 3.63) is 53.0 Å². The molecule has 4 aliphatic heterocycles. The van der Waals surface area contributed by atoms with Crippen LogP contribution in [-0.4, -0.2) is 106 Å². The number of benzene rings is 1. The standard InChI is InChI=1S/C30H41N7O3/c1-20(38)35-13-8-24(9-14-35)32-28-16-25(33-29(34-28)22-6-11-31-17-22)30(40)37-15-10-26(27(39)19-37)36-12-7-21-4-2-3-5-23(21)18-36/h2-5,16,22,24,26-27,31,39H,6-15,17-19H2,1H3,(H,32,33,34)/t22?,26-,27-/m1/s1. The Morgan fingerprint density at radius 2 is 1.77 bits per heavy atom. The second kappa shape index (κ2) is 11.8. The number of piperidine rings is 2. The van der Waals surface area contributed by atoms with Crippen LogP contribution in [0.15, 0.2) is 30.3 Å². The first kappa shape index (κ1) is 27.1. The fourth-order valence-electron chi connectivity index (χ4n) is 6.75. The van der Waals surface area contributed by atoms with Crippen LogP contribution in [0.5, 0.6) is 0 Å². The lowest BCUT2D eigenvalue weighted by atomic mass is 9.94. The molecular formula is C30H41N7O3. The molecule has 6 rings (SSSR count). The number of amides is 2. The summed E-state index contributed by atoms with van der Waals surface area (Å²) in [5.74, 6) is 1.50. The van der Waals surface area contributed by atoms with Crippen LogP contribution in [0, 0.1) is 0 Å². The maximum atomic E-state index is 13.7. The summed E-state index contributed by atoms with van der Waals surface area (Å²) in [6, 6.07) is 10.5. The van der Waals surface area contributed by atoms with Crippen LogP contribution < -0.4 is 10.6 Å². The number of fused-ring (bicyclic) bond motifs is 1. The molecule has 2 aromatic rings. The second-order valence-electron chi connectivity index (χ2n) is 11.8. The molecule has 5 heterocycles. The molecule has 1 unspecified atom stereocenters. The smallest absolute Gasteiger partial charge is 0.272 e. The number of aliphatic hydroxyl groups is 1. The van der Waals surface area contributed by atoms with Gasteiger partial charge < -0.3 is 25.5 Å². The predicted octanol–water partition coefficient (Wildman–Crippen LogP) is 1.61. The van der Waals surface area contributed by atoms with E-state index in [0.29, 0.717) is 30.4 Å². The van der Waals surface area contributed by atoms with Gasteiger partial charge in [-0.15, -0.1) is 0 Å². The summed E-state index contributed by atoms with van der Waals surface area (Å²) >= 11 is 0. The van der Waals surface area contributed by atoms with Crippen LogP contribution in [0.3, 0.4) is 0 Å². The van der Waals surface area contributed by atoms with Crippen molar-refractivity contribution in [1.82, 2.24) is 30.0 Å². The number of aliphatic hydroxyl groups excluding tert-OH is 1. The molecule has 40 heavy (non-hydrogen) atoms. The van der Waals surface area contributed by atoms with Gasteiger partial charge in [-0.3, -0.25) is 14.5 Å². The van der Waals surface area contributed by atoms with Crippen LogP contribution in [-0.2, 0) is 17.8 Å². The van der Waals surface area contributed by atoms with E-state index in [0.717, 1.165) is 71.4 Å². The van der Waals surface area contributed by atoms with E-state index < -0.39 is 6.10 Å². The normalized spacial score (nSPS) is 26.0. The largest absolute Gasteiger partial charge is 0.390 e. The Hall–Kier alpha value is -3.08. The Morgan fingerprint density at radius 1 is 1.00 bits per heavy atom. The van der Waals surface area contributed by atoms with Gasteiger partial charge in [-0.05, 0) is 49.8 Å². The van der Waals surface area contributed by atoms with Crippen molar-refractivity contribution >= 4 is 17.6 Å². The number of likely N-dealkylation sites (tertiary alicyclic amines) is 2. The van der Waals surface area contributed by atoms with Crippen molar-refractivity contribution in [2.24, 2.45) is 0 Å². The molecule has 0 aliphatic carbocycles. The van der Waals surface area contributed by atoms with Gasteiger partial charge in [0.25, 0.3) is 5.91 Å². The average molecular weight is 548 g/mol. The zero-order valence-corrected chi connectivity index (χ0v) is 23.4. The van der Waals surface area contributed by atoms with Crippen LogP contribution in [0.25, 0.3) is 0 Å². The summed E-state index contributed by atoms with van der Waals surface area (Å²) in [5.41, 5.74) is 3.12. The highest BCUT2D eigenvalue weighted by atomic mass is 16.3. The molecular weight excluding hydrogens is 506 g/mol. The zero-order valence-electron chi connectivity index (χ0n) is 23.4. The van der Waals surface area contributed by atoms with Gasteiger partial charge in [-0.25, -0.2) is 9.97 Å². The van der Waals surface area contributed by atoms with Gasteiger partial charge in [0.1, 0.15) is 17.3 Å². The topological polar surface area (TPSA) is 114 Å². The number of carbonyl (C=O) groups excluding carboxylic acids is 2. The molecule has 1 aromatic carbocycles. The van der Waals surface area contributed by atoms with Gasteiger partial charge in [0, 0.05) is 76.8 Å². The quantitative estimate of drug-likeness (QED) is 0.518. The SMILES string of the molecule is CC(=O)N1CCC(Nc2cc(C(=O)N3CC[C@@H](N4CCc5ccccc5C4)[C@H](O)C3)nc(C3CCNC3)n2)CC1. The van der Waals surface area contributed by atoms with Crippen molar-refractivity contribution in [2.75, 3.05) is 51.1 Å². The van der Waals surface area contributed by atoms with Gasteiger partial charge >= 0.3 is 0 Å². The molecule has 3 saturated heterocycles. The van der Waals surface area contributed by atoms with E-state index in [1.807, 2.05) is 4.90 Å². The molecule has 4 aliphatic rings. The molecule has 1 aromatic heterocycles. The lowest BCUT2D eigenvalue weighted by Crippen LogP contribution is -2.56.